The van der Waals surface area contributed by atoms with Crippen LogP contribution in [0.15, 0.2) is 16.9 Å². The third-order valence-corrected chi connectivity index (χ3v) is 3.27. The topological polar surface area (TPSA) is 41.3 Å². The van der Waals surface area contributed by atoms with E-state index in [9.17, 15) is 0 Å². The predicted molar refractivity (Wildman–Crippen MR) is 67.6 cm³/mol. The number of piperidine rings is 1. The zero-order valence-corrected chi connectivity index (χ0v) is 10.9. The lowest BCUT2D eigenvalue weighted by Gasteiger charge is -2.33. The minimum Gasteiger partial charge on any atom is -0.364 e. The normalized spacial score (nSPS) is 19.0. The Bertz CT molecular complexity index is 302. The summed E-state index contributed by atoms with van der Waals surface area (Å²) in [7, 11) is 0. The van der Waals surface area contributed by atoms with Crippen LogP contribution < -0.4 is 5.32 Å². The quantitative estimate of drug-likeness (QED) is 0.849. The van der Waals surface area contributed by atoms with Crippen LogP contribution in [0, 0.1) is 5.92 Å². The predicted octanol–water partition coefficient (Wildman–Crippen LogP) is 1.88. The van der Waals surface area contributed by atoms with E-state index < -0.39 is 0 Å². The summed E-state index contributed by atoms with van der Waals surface area (Å²) in [5, 5.41) is 7.46. The van der Waals surface area contributed by atoms with Crippen LogP contribution in [0.2, 0.25) is 0 Å². The van der Waals surface area contributed by atoms with Crippen molar-refractivity contribution < 1.29 is 4.52 Å². The molecular weight excluding hydrogens is 214 g/mol. The van der Waals surface area contributed by atoms with Crippen molar-refractivity contribution in [1.82, 2.24) is 15.4 Å². The van der Waals surface area contributed by atoms with Gasteiger partial charge in [0.2, 0.25) is 0 Å². The number of nitrogens with zero attached hydrogens (tertiary/aromatic N) is 2. The van der Waals surface area contributed by atoms with Crippen LogP contribution in [0.4, 0.5) is 0 Å². The van der Waals surface area contributed by atoms with Crippen molar-refractivity contribution in [3.8, 4) is 0 Å². The Labute approximate surface area is 103 Å². The Balaban J connectivity index is 1.65. The third-order valence-electron chi connectivity index (χ3n) is 3.27. The third kappa shape index (κ3) is 4.13. The van der Waals surface area contributed by atoms with Gasteiger partial charge in [-0.15, -0.1) is 0 Å². The maximum Gasteiger partial charge on any atom is 0.124 e. The van der Waals surface area contributed by atoms with Crippen LogP contribution in [-0.4, -0.2) is 35.7 Å². The molecule has 96 valence electrons. The molecule has 4 heteroatoms. The van der Waals surface area contributed by atoms with E-state index in [4.69, 9.17) is 4.52 Å². The van der Waals surface area contributed by atoms with Crippen molar-refractivity contribution in [2.45, 2.75) is 39.3 Å². The molecule has 4 nitrogen and oxygen atoms in total. The van der Waals surface area contributed by atoms with Gasteiger partial charge in [-0.1, -0.05) is 19.0 Å². The summed E-state index contributed by atoms with van der Waals surface area (Å²) >= 11 is 0. The first-order valence-corrected chi connectivity index (χ1v) is 6.59. The summed E-state index contributed by atoms with van der Waals surface area (Å²) in [5.74, 6) is 0.773. The van der Waals surface area contributed by atoms with Gasteiger partial charge in [0, 0.05) is 25.2 Å². The van der Waals surface area contributed by atoms with E-state index in [0.717, 1.165) is 18.2 Å². The molecule has 0 radical (unpaired) electrons. The minimum atomic E-state index is 0.634. The largest absolute Gasteiger partial charge is 0.364 e. The average Bonchev–Trinajstić information content (AvgIpc) is 2.80. The summed E-state index contributed by atoms with van der Waals surface area (Å²) in [6, 6.07) is 2.55. The van der Waals surface area contributed by atoms with Gasteiger partial charge in [-0.3, -0.25) is 0 Å². The van der Waals surface area contributed by atoms with Crippen LogP contribution in [0.3, 0.4) is 0 Å². The second kappa shape index (κ2) is 6.17. The lowest BCUT2D eigenvalue weighted by molar-refractivity contribution is 0.179. The fourth-order valence-electron chi connectivity index (χ4n) is 2.41. The molecule has 0 aliphatic carbocycles. The van der Waals surface area contributed by atoms with Crippen LogP contribution in [0.25, 0.3) is 0 Å². The highest BCUT2D eigenvalue weighted by Crippen LogP contribution is 2.12. The van der Waals surface area contributed by atoms with Crippen molar-refractivity contribution in [3.05, 3.63) is 18.0 Å². The summed E-state index contributed by atoms with van der Waals surface area (Å²) < 4.78 is 4.82. The van der Waals surface area contributed by atoms with Crippen molar-refractivity contribution in [1.29, 1.82) is 0 Å². The molecule has 2 rings (SSSR count). The first kappa shape index (κ1) is 12.6. The molecule has 0 unspecified atom stereocenters. The van der Waals surface area contributed by atoms with Gasteiger partial charge in [0.25, 0.3) is 0 Å². The van der Waals surface area contributed by atoms with E-state index in [0.29, 0.717) is 6.04 Å². The number of hydrogen-bond acceptors (Lipinski definition) is 4. The van der Waals surface area contributed by atoms with E-state index in [2.05, 4.69) is 29.2 Å². The molecule has 0 aromatic carbocycles. The monoisotopic (exact) mass is 237 g/mol. The van der Waals surface area contributed by atoms with Gasteiger partial charge in [0.1, 0.15) is 6.26 Å². The molecule has 0 bridgehead atoms. The van der Waals surface area contributed by atoms with E-state index in [1.165, 1.54) is 32.5 Å². The van der Waals surface area contributed by atoms with Gasteiger partial charge in [0.15, 0.2) is 0 Å². The summed E-state index contributed by atoms with van der Waals surface area (Å²) in [6.07, 6.45) is 4.11. The van der Waals surface area contributed by atoms with Crippen LogP contribution >= 0.6 is 0 Å². The molecule has 1 aromatic rings. The molecule has 0 amide bonds. The first-order chi connectivity index (χ1) is 8.24. The summed E-state index contributed by atoms with van der Waals surface area (Å²) in [4.78, 5) is 2.57. The molecular formula is C13H23N3O. The molecule has 1 aliphatic rings. The standard InChI is InChI=1S/C13H23N3O/c1-11(2)10-16-6-3-12(4-7-16)14-9-13-5-8-17-15-13/h5,8,11-12,14H,3-4,6-7,9-10H2,1-2H3. The molecule has 1 N–H and O–H groups in total. The molecule has 0 atom stereocenters. The second-order valence-corrected chi connectivity index (χ2v) is 5.34. The molecule has 1 saturated heterocycles. The Kier molecular flexibility index (Phi) is 4.57. The molecule has 17 heavy (non-hydrogen) atoms. The Morgan fingerprint density at radius 2 is 2.24 bits per heavy atom. The number of aromatic nitrogens is 1. The highest BCUT2D eigenvalue weighted by molar-refractivity contribution is 4.95. The van der Waals surface area contributed by atoms with Crippen LogP contribution in [0.1, 0.15) is 32.4 Å². The number of likely N-dealkylation sites (tertiary alicyclic amines) is 1. The minimum absolute atomic E-state index is 0.634. The SMILES string of the molecule is CC(C)CN1CCC(NCc2ccon2)CC1. The van der Waals surface area contributed by atoms with Crippen LogP contribution in [-0.2, 0) is 6.54 Å². The van der Waals surface area contributed by atoms with Crippen molar-refractivity contribution in [2.24, 2.45) is 5.92 Å². The van der Waals surface area contributed by atoms with E-state index in [1.807, 2.05) is 6.07 Å². The van der Waals surface area contributed by atoms with Gasteiger partial charge >= 0.3 is 0 Å². The van der Waals surface area contributed by atoms with Crippen molar-refractivity contribution in [3.63, 3.8) is 0 Å². The van der Waals surface area contributed by atoms with Gasteiger partial charge in [-0.05, 0) is 31.8 Å². The van der Waals surface area contributed by atoms with Crippen molar-refractivity contribution >= 4 is 0 Å². The Hall–Kier alpha value is -0.870. The highest BCUT2D eigenvalue weighted by atomic mass is 16.5. The summed E-state index contributed by atoms with van der Waals surface area (Å²) in [6.45, 7) is 9.06. The zero-order chi connectivity index (χ0) is 12.1. The van der Waals surface area contributed by atoms with Gasteiger partial charge in [-0.25, -0.2) is 0 Å². The second-order valence-electron chi connectivity index (χ2n) is 5.34. The molecule has 2 heterocycles. The van der Waals surface area contributed by atoms with Gasteiger partial charge < -0.3 is 14.7 Å². The van der Waals surface area contributed by atoms with E-state index in [1.54, 1.807) is 6.26 Å². The molecule has 1 aliphatic heterocycles. The Morgan fingerprint density at radius 1 is 1.47 bits per heavy atom. The maximum atomic E-state index is 4.82. The smallest absolute Gasteiger partial charge is 0.124 e. The van der Waals surface area contributed by atoms with Crippen LogP contribution in [0.5, 0.6) is 0 Å². The lowest BCUT2D eigenvalue weighted by atomic mass is 10.0. The lowest BCUT2D eigenvalue weighted by Crippen LogP contribution is -2.43. The van der Waals surface area contributed by atoms with Crippen molar-refractivity contribution in [2.75, 3.05) is 19.6 Å². The van der Waals surface area contributed by atoms with Gasteiger partial charge in [0.05, 0.1) is 5.69 Å². The average molecular weight is 237 g/mol. The fourth-order valence-corrected chi connectivity index (χ4v) is 2.41. The molecule has 1 aromatic heterocycles. The summed E-state index contributed by atoms with van der Waals surface area (Å²) in [5.41, 5.74) is 0.995. The maximum absolute atomic E-state index is 4.82. The number of hydrogen-bond donors (Lipinski definition) is 1. The zero-order valence-electron chi connectivity index (χ0n) is 10.9. The first-order valence-electron chi connectivity index (χ1n) is 6.59. The molecule has 0 spiro atoms. The van der Waals surface area contributed by atoms with Gasteiger partial charge in [-0.2, -0.15) is 0 Å². The fraction of sp³-hybridized carbons (Fsp3) is 0.769. The highest BCUT2D eigenvalue weighted by Gasteiger charge is 2.19. The number of rotatable bonds is 5. The molecule has 0 saturated carbocycles. The Morgan fingerprint density at radius 3 is 2.82 bits per heavy atom. The molecule has 1 fully saturated rings. The van der Waals surface area contributed by atoms with E-state index in [-0.39, 0.29) is 0 Å². The number of nitrogens with one attached hydrogen (secondary N) is 1. The van der Waals surface area contributed by atoms with E-state index >= 15 is 0 Å².